The Balaban J connectivity index is 1.60. The molecule has 1 aromatic rings. The number of aromatic nitrogens is 1. The predicted molar refractivity (Wildman–Crippen MR) is 73.8 cm³/mol. The van der Waals surface area contributed by atoms with E-state index in [1.54, 1.807) is 0 Å². The van der Waals surface area contributed by atoms with E-state index < -0.39 is 0 Å². The van der Waals surface area contributed by atoms with Crippen LogP contribution in [0.15, 0.2) is 10.6 Å². The second-order valence-electron chi connectivity index (χ2n) is 5.66. The van der Waals surface area contributed by atoms with Crippen LogP contribution in [-0.4, -0.2) is 47.4 Å². The number of β-amino-alcohol motifs (C(OH)–C–C–N with tert-alkyl or cyclic N) is 1. The molecule has 0 radical (unpaired) electrons. The first-order chi connectivity index (χ1) is 9.13. The van der Waals surface area contributed by atoms with E-state index in [2.05, 4.69) is 15.4 Å². The van der Waals surface area contributed by atoms with Crippen molar-refractivity contribution >= 4 is 0 Å². The molecule has 0 spiro atoms. The summed E-state index contributed by atoms with van der Waals surface area (Å²) < 4.78 is 5.17. The van der Waals surface area contributed by atoms with Crippen LogP contribution in [0.2, 0.25) is 0 Å². The molecule has 1 aliphatic heterocycles. The fourth-order valence-corrected chi connectivity index (χ4v) is 2.65. The SMILES string of the molecule is Cc1cc(CNCC2CCN(C[C@H](C)O)CC2)on1. The van der Waals surface area contributed by atoms with E-state index in [0.29, 0.717) is 0 Å². The van der Waals surface area contributed by atoms with Crippen LogP contribution in [0.3, 0.4) is 0 Å². The fourth-order valence-electron chi connectivity index (χ4n) is 2.65. The minimum atomic E-state index is -0.218. The lowest BCUT2D eigenvalue weighted by Crippen LogP contribution is -2.40. The van der Waals surface area contributed by atoms with Crippen LogP contribution in [0, 0.1) is 12.8 Å². The van der Waals surface area contributed by atoms with E-state index in [-0.39, 0.29) is 6.10 Å². The Hall–Kier alpha value is -0.910. The molecule has 1 saturated heterocycles. The normalized spacial score (nSPS) is 19.7. The van der Waals surface area contributed by atoms with Crippen molar-refractivity contribution in [2.24, 2.45) is 5.92 Å². The Morgan fingerprint density at radius 1 is 1.53 bits per heavy atom. The summed E-state index contributed by atoms with van der Waals surface area (Å²) in [6.07, 6.45) is 2.19. The molecule has 1 aromatic heterocycles. The molecule has 1 atom stereocenters. The minimum absolute atomic E-state index is 0.218. The Morgan fingerprint density at radius 2 is 2.26 bits per heavy atom. The molecular weight excluding hydrogens is 242 g/mol. The van der Waals surface area contributed by atoms with Crippen molar-refractivity contribution in [3.63, 3.8) is 0 Å². The van der Waals surface area contributed by atoms with E-state index in [0.717, 1.165) is 50.1 Å². The Morgan fingerprint density at radius 3 is 2.84 bits per heavy atom. The van der Waals surface area contributed by atoms with Crippen molar-refractivity contribution < 1.29 is 9.63 Å². The molecule has 2 rings (SSSR count). The first kappa shape index (κ1) is 14.5. The molecule has 1 fully saturated rings. The monoisotopic (exact) mass is 267 g/mol. The van der Waals surface area contributed by atoms with Crippen molar-refractivity contribution in [1.29, 1.82) is 0 Å². The van der Waals surface area contributed by atoms with Crippen molar-refractivity contribution in [3.05, 3.63) is 17.5 Å². The minimum Gasteiger partial charge on any atom is -0.392 e. The largest absolute Gasteiger partial charge is 0.392 e. The van der Waals surface area contributed by atoms with Gasteiger partial charge in [0.2, 0.25) is 0 Å². The number of aliphatic hydroxyl groups is 1. The summed E-state index contributed by atoms with van der Waals surface area (Å²) in [5.41, 5.74) is 0.934. The van der Waals surface area contributed by atoms with Crippen molar-refractivity contribution in [2.75, 3.05) is 26.2 Å². The molecular formula is C14H25N3O2. The van der Waals surface area contributed by atoms with Crippen molar-refractivity contribution in [2.45, 2.75) is 39.3 Å². The van der Waals surface area contributed by atoms with Crippen LogP contribution < -0.4 is 5.32 Å². The summed E-state index contributed by atoms with van der Waals surface area (Å²) in [6.45, 7) is 8.57. The molecule has 0 saturated carbocycles. The summed E-state index contributed by atoms with van der Waals surface area (Å²) >= 11 is 0. The average Bonchev–Trinajstić information content (AvgIpc) is 2.77. The van der Waals surface area contributed by atoms with Gasteiger partial charge in [-0.1, -0.05) is 5.16 Å². The Bertz CT molecular complexity index is 371. The van der Waals surface area contributed by atoms with E-state index in [1.165, 1.54) is 12.8 Å². The van der Waals surface area contributed by atoms with Crippen LogP contribution in [0.1, 0.15) is 31.2 Å². The molecule has 0 amide bonds. The predicted octanol–water partition coefficient (Wildman–Crippen LogP) is 1.17. The Labute approximate surface area is 115 Å². The van der Waals surface area contributed by atoms with Gasteiger partial charge < -0.3 is 19.8 Å². The topological polar surface area (TPSA) is 61.5 Å². The number of rotatable bonds is 6. The van der Waals surface area contributed by atoms with Gasteiger partial charge in [-0.05, 0) is 52.2 Å². The van der Waals surface area contributed by atoms with E-state index >= 15 is 0 Å². The van der Waals surface area contributed by atoms with Gasteiger partial charge in [-0.2, -0.15) is 0 Å². The van der Waals surface area contributed by atoms with Crippen LogP contribution in [0.4, 0.5) is 0 Å². The van der Waals surface area contributed by atoms with Gasteiger partial charge in [0.05, 0.1) is 18.3 Å². The van der Waals surface area contributed by atoms with E-state index in [4.69, 9.17) is 4.52 Å². The zero-order valence-electron chi connectivity index (χ0n) is 11.9. The molecule has 0 aliphatic carbocycles. The second kappa shape index (κ2) is 7.03. The second-order valence-corrected chi connectivity index (χ2v) is 5.66. The molecule has 1 aliphatic rings. The van der Waals surface area contributed by atoms with Gasteiger partial charge in [0.15, 0.2) is 5.76 Å². The molecule has 0 bridgehead atoms. The van der Waals surface area contributed by atoms with Crippen LogP contribution in [0.25, 0.3) is 0 Å². The molecule has 2 heterocycles. The maximum atomic E-state index is 9.37. The highest BCUT2D eigenvalue weighted by atomic mass is 16.5. The lowest BCUT2D eigenvalue weighted by atomic mass is 9.96. The molecule has 0 unspecified atom stereocenters. The van der Waals surface area contributed by atoms with E-state index in [1.807, 2.05) is 19.9 Å². The maximum absolute atomic E-state index is 9.37. The molecule has 0 aromatic carbocycles. The van der Waals surface area contributed by atoms with Gasteiger partial charge in [0.1, 0.15) is 0 Å². The molecule has 5 nitrogen and oxygen atoms in total. The third kappa shape index (κ3) is 4.93. The zero-order chi connectivity index (χ0) is 13.7. The highest BCUT2D eigenvalue weighted by Gasteiger charge is 2.19. The highest BCUT2D eigenvalue weighted by Crippen LogP contribution is 2.16. The lowest BCUT2D eigenvalue weighted by molar-refractivity contribution is 0.0996. The first-order valence-electron chi connectivity index (χ1n) is 7.17. The third-order valence-electron chi connectivity index (χ3n) is 3.64. The number of nitrogens with one attached hydrogen (secondary N) is 1. The number of hydrogen-bond donors (Lipinski definition) is 2. The van der Waals surface area contributed by atoms with Crippen molar-refractivity contribution in [3.8, 4) is 0 Å². The van der Waals surface area contributed by atoms with Gasteiger partial charge >= 0.3 is 0 Å². The standard InChI is InChI=1S/C14H25N3O2/c1-11-7-14(19-16-11)9-15-8-13-3-5-17(6-4-13)10-12(2)18/h7,12-13,15,18H,3-6,8-10H2,1-2H3/t12-/m0/s1. The third-order valence-corrected chi connectivity index (χ3v) is 3.64. The van der Waals surface area contributed by atoms with Crippen LogP contribution >= 0.6 is 0 Å². The number of hydrogen-bond acceptors (Lipinski definition) is 5. The maximum Gasteiger partial charge on any atom is 0.150 e. The zero-order valence-corrected chi connectivity index (χ0v) is 11.9. The number of aryl methyl sites for hydroxylation is 1. The summed E-state index contributed by atoms with van der Waals surface area (Å²) in [6, 6.07) is 1.97. The molecule has 108 valence electrons. The number of likely N-dealkylation sites (tertiary alicyclic amines) is 1. The average molecular weight is 267 g/mol. The van der Waals surface area contributed by atoms with Crippen LogP contribution in [0.5, 0.6) is 0 Å². The van der Waals surface area contributed by atoms with Gasteiger partial charge in [-0.3, -0.25) is 0 Å². The summed E-state index contributed by atoms with van der Waals surface area (Å²) in [7, 11) is 0. The van der Waals surface area contributed by atoms with Gasteiger partial charge in [-0.15, -0.1) is 0 Å². The highest BCUT2D eigenvalue weighted by molar-refractivity contribution is 5.02. The smallest absolute Gasteiger partial charge is 0.150 e. The van der Waals surface area contributed by atoms with Gasteiger partial charge in [0.25, 0.3) is 0 Å². The quantitative estimate of drug-likeness (QED) is 0.810. The first-order valence-corrected chi connectivity index (χ1v) is 7.17. The molecule has 19 heavy (non-hydrogen) atoms. The lowest BCUT2D eigenvalue weighted by Gasteiger charge is -2.32. The number of nitrogens with zero attached hydrogens (tertiary/aromatic N) is 2. The van der Waals surface area contributed by atoms with Crippen LogP contribution in [-0.2, 0) is 6.54 Å². The summed E-state index contributed by atoms with van der Waals surface area (Å²) in [5.74, 6) is 1.64. The number of aliphatic hydroxyl groups excluding tert-OH is 1. The Kier molecular flexibility index (Phi) is 5.36. The molecule has 2 N–H and O–H groups in total. The number of piperidine rings is 1. The fraction of sp³-hybridized carbons (Fsp3) is 0.786. The van der Waals surface area contributed by atoms with E-state index in [9.17, 15) is 5.11 Å². The summed E-state index contributed by atoms with van der Waals surface area (Å²) in [5, 5.41) is 16.7. The summed E-state index contributed by atoms with van der Waals surface area (Å²) in [4.78, 5) is 2.35. The van der Waals surface area contributed by atoms with Gasteiger partial charge in [0, 0.05) is 12.6 Å². The molecule has 5 heteroatoms. The van der Waals surface area contributed by atoms with Crippen molar-refractivity contribution in [1.82, 2.24) is 15.4 Å². The van der Waals surface area contributed by atoms with Gasteiger partial charge in [-0.25, -0.2) is 0 Å².